The molecule has 0 saturated heterocycles. The van der Waals surface area contributed by atoms with Gasteiger partial charge in [-0.15, -0.1) is 0 Å². The number of aromatic hydroxyl groups is 1. The average Bonchev–Trinajstić information content (AvgIpc) is 2.98. The molecule has 4 heteroatoms. The summed E-state index contributed by atoms with van der Waals surface area (Å²) >= 11 is 0. The lowest BCUT2D eigenvalue weighted by Gasteiger charge is -2.07. The fourth-order valence-electron chi connectivity index (χ4n) is 2.71. The van der Waals surface area contributed by atoms with Crippen molar-refractivity contribution in [2.45, 2.75) is 6.61 Å². The maximum absolute atomic E-state index is 10.1. The summed E-state index contributed by atoms with van der Waals surface area (Å²) in [5.41, 5.74) is 2.24. The summed E-state index contributed by atoms with van der Waals surface area (Å²) in [5.74, 6) is 0.792. The molecule has 4 rings (SSSR count). The van der Waals surface area contributed by atoms with E-state index in [-0.39, 0.29) is 12.4 Å². The number of phenolic OH excluding ortho intramolecular Hbond substituents is 1. The summed E-state index contributed by atoms with van der Waals surface area (Å²) in [5, 5.41) is 21.9. The van der Waals surface area contributed by atoms with Gasteiger partial charge in [0.15, 0.2) is 0 Å². The molecule has 0 bridgehead atoms. The molecule has 108 valence electrons. The highest BCUT2D eigenvalue weighted by Crippen LogP contribution is 2.35. The van der Waals surface area contributed by atoms with Gasteiger partial charge in [-0.25, -0.2) is 0 Å². The van der Waals surface area contributed by atoms with E-state index in [0.29, 0.717) is 16.7 Å². The molecule has 0 amide bonds. The van der Waals surface area contributed by atoms with E-state index >= 15 is 0 Å². The Morgan fingerprint density at radius 3 is 2.68 bits per heavy atom. The molecule has 0 unspecified atom stereocenters. The number of fused-ring (bicyclic) bond motifs is 2. The van der Waals surface area contributed by atoms with Gasteiger partial charge in [-0.1, -0.05) is 18.2 Å². The van der Waals surface area contributed by atoms with E-state index < -0.39 is 0 Å². The minimum absolute atomic E-state index is 0.104. The van der Waals surface area contributed by atoms with E-state index in [1.807, 2.05) is 36.4 Å². The van der Waals surface area contributed by atoms with Gasteiger partial charge in [-0.3, -0.25) is 4.98 Å². The van der Waals surface area contributed by atoms with Crippen molar-refractivity contribution in [2.75, 3.05) is 0 Å². The lowest BCUT2D eigenvalue weighted by Crippen LogP contribution is -1.88. The Balaban J connectivity index is 2.03. The molecule has 0 aliphatic heterocycles. The van der Waals surface area contributed by atoms with E-state index in [0.717, 1.165) is 21.9 Å². The molecule has 2 N–H and O–H groups in total. The first-order valence-corrected chi connectivity index (χ1v) is 6.95. The van der Waals surface area contributed by atoms with Crippen LogP contribution in [0.1, 0.15) is 5.56 Å². The number of furan rings is 1. The van der Waals surface area contributed by atoms with E-state index in [2.05, 4.69) is 4.98 Å². The van der Waals surface area contributed by atoms with Crippen LogP contribution in [0.15, 0.2) is 59.3 Å². The predicted octanol–water partition coefficient (Wildman–Crippen LogP) is 3.85. The Kier molecular flexibility index (Phi) is 2.84. The van der Waals surface area contributed by atoms with Crippen LogP contribution in [0.4, 0.5) is 0 Å². The molecule has 2 aromatic carbocycles. The highest BCUT2D eigenvalue weighted by atomic mass is 16.3. The topological polar surface area (TPSA) is 66.5 Å². The number of phenols is 1. The van der Waals surface area contributed by atoms with Crippen LogP contribution in [0, 0.1) is 0 Å². The van der Waals surface area contributed by atoms with Crippen molar-refractivity contribution >= 4 is 21.7 Å². The minimum atomic E-state index is -0.134. The van der Waals surface area contributed by atoms with Crippen molar-refractivity contribution in [3.8, 4) is 17.1 Å². The van der Waals surface area contributed by atoms with Crippen molar-refractivity contribution < 1.29 is 14.6 Å². The van der Waals surface area contributed by atoms with Gasteiger partial charge < -0.3 is 14.6 Å². The van der Waals surface area contributed by atoms with Crippen LogP contribution in [-0.4, -0.2) is 15.2 Å². The zero-order valence-electron chi connectivity index (χ0n) is 11.7. The number of benzene rings is 2. The number of hydrogen-bond donors (Lipinski definition) is 2. The van der Waals surface area contributed by atoms with Crippen LogP contribution in [0.2, 0.25) is 0 Å². The molecule has 0 fully saturated rings. The second kappa shape index (κ2) is 4.86. The average molecular weight is 291 g/mol. The Bertz CT molecular complexity index is 955. The van der Waals surface area contributed by atoms with Gasteiger partial charge in [0.2, 0.25) is 0 Å². The number of rotatable bonds is 2. The van der Waals surface area contributed by atoms with Crippen molar-refractivity contribution in [2.24, 2.45) is 0 Å². The molecule has 0 radical (unpaired) electrons. The largest absolute Gasteiger partial charge is 0.507 e. The first-order chi connectivity index (χ1) is 10.8. The van der Waals surface area contributed by atoms with Gasteiger partial charge in [0.1, 0.15) is 17.1 Å². The van der Waals surface area contributed by atoms with Gasteiger partial charge in [-0.2, -0.15) is 0 Å². The Labute approximate surface area is 126 Å². The zero-order valence-corrected chi connectivity index (χ0v) is 11.7. The lowest BCUT2D eigenvalue weighted by atomic mass is 10.0. The maximum Gasteiger partial charge on any atom is 0.137 e. The van der Waals surface area contributed by atoms with Crippen LogP contribution in [0.25, 0.3) is 33.1 Å². The van der Waals surface area contributed by atoms with E-state index in [9.17, 15) is 10.2 Å². The molecule has 0 atom stereocenters. The SMILES string of the molecule is OCc1cc(O)c2cncc(-c3cc4ccccc4o3)c2c1. The molecule has 4 nitrogen and oxygen atoms in total. The number of pyridine rings is 1. The van der Waals surface area contributed by atoms with Crippen molar-refractivity contribution in [3.05, 3.63) is 60.4 Å². The van der Waals surface area contributed by atoms with Gasteiger partial charge >= 0.3 is 0 Å². The van der Waals surface area contributed by atoms with E-state index in [1.54, 1.807) is 18.5 Å². The van der Waals surface area contributed by atoms with Crippen LogP contribution in [0.3, 0.4) is 0 Å². The van der Waals surface area contributed by atoms with Crippen LogP contribution in [-0.2, 0) is 6.61 Å². The zero-order chi connectivity index (χ0) is 15.1. The third-order valence-electron chi connectivity index (χ3n) is 3.79. The monoisotopic (exact) mass is 291 g/mol. The highest BCUT2D eigenvalue weighted by molar-refractivity contribution is 5.99. The third kappa shape index (κ3) is 1.93. The summed E-state index contributed by atoms with van der Waals surface area (Å²) < 4.78 is 5.89. The van der Waals surface area contributed by atoms with Crippen molar-refractivity contribution in [3.63, 3.8) is 0 Å². The van der Waals surface area contributed by atoms with Gasteiger partial charge in [0.05, 0.1) is 6.61 Å². The second-order valence-corrected chi connectivity index (χ2v) is 5.20. The summed E-state index contributed by atoms with van der Waals surface area (Å²) in [7, 11) is 0. The molecular weight excluding hydrogens is 278 g/mol. The van der Waals surface area contributed by atoms with Gasteiger partial charge in [-0.05, 0) is 35.2 Å². The molecule has 2 aromatic heterocycles. The molecule has 4 aromatic rings. The summed E-state index contributed by atoms with van der Waals surface area (Å²) in [6.45, 7) is -0.134. The van der Waals surface area contributed by atoms with Crippen molar-refractivity contribution in [1.82, 2.24) is 4.98 Å². The lowest BCUT2D eigenvalue weighted by molar-refractivity contribution is 0.281. The number of hydrogen-bond acceptors (Lipinski definition) is 4. The fourth-order valence-corrected chi connectivity index (χ4v) is 2.71. The number of para-hydroxylation sites is 1. The molecule has 0 spiro atoms. The van der Waals surface area contributed by atoms with Gasteiger partial charge in [0, 0.05) is 28.7 Å². The Morgan fingerprint density at radius 2 is 1.86 bits per heavy atom. The van der Waals surface area contributed by atoms with Crippen molar-refractivity contribution in [1.29, 1.82) is 0 Å². The summed E-state index contributed by atoms with van der Waals surface area (Å²) in [6.07, 6.45) is 3.32. The normalized spacial score (nSPS) is 11.3. The molecule has 22 heavy (non-hydrogen) atoms. The van der Waals surface area contributed by atoms with Crippen LogP contribution in [0.5, 0.6) is 5.75 Å². The first kappa shape index (κ1) is 12.9. The summed E-state index contributed by atoms with van der Waals surface area (Å²) in [6, 6.07) is 13.1. The molecule has 2 heterocycles. The molecule has 0 saturated carbocycles. The van der Waals surface area contributed by atoms with E-state index in [1.165, 1.54) is 0 Å². The third-order valence-corrected chi connectivity index (χ3v) is 3.79. The summed E-state index contributed by atoms with van der Waals surface area (Å²) in [4.78, 5) is 4.19. The molecular formula is C18H13NO3. The first-order valence-electron chi connectivity index (χ1n) is 6.95. The number of aliphatic hydroxyl groups excluding tert-OH is 1. The smallest absolute Gasteiger partial charge is 0.137 e. The van der Waals surface area contributed by atoms with Gasteiger partial charge in [0.25, 0.3) is 0 Å². The minimum Gasteiger partial charge on any atom is -0.507 e. The number of aliphatic hydroxyl groups is 1. The molecule has 0 aliphatic carbocycles. The Hall–Kier alpha value is -2.85. The maximum atomic E-state index is 10.1. The molecule has 0 aliphatic rings. The second-order valence-electron chi connectivity index (χ2n) is 5.20. The van der Waals surface area contributed by atoms with Crippen LogP contribution < -0.4 is 0 Å². The standard InChI is InChI=1S/C18H13NO3/c20-10-11-5-13-14(16(21)6-11)8-19-9-15(13)18-7-12-3-1-2-4-17(12)22-18/h1-9,20-21H,10H2. The Morgan fingerprint density at radius 1 is 1.00 bits per heavy atom. The fraction of sp³-hybridized carbons (Fsp3) is 0.0556. The number of aromatic nitrogens is 1. The predicted molar refractivity (Wildman–Crippen MR) is 84.5 cm³/mol. The van der Waals surface area contributed by atoms with Crippen LogP contribution >= 0.6 is 0 Å². The van der Waals surface area contributed by atoms with E-state index in [4.69, 9.17) is 4.42 Å². The number of nitrogens with zero attached hydrogens (tertiary/aromatic N) is 1. The quantitative estimate of drug-likeness (QED) is 0.589. The highest BCUT2D eigenvalue weighted by Gasteiger charge is 2.13.